The molecule has 30 heavy (non-hydrogen) atoms. The molecule has 2 heterocycles. The molecule has 1 N–H and O–H groups in total. The highest BCUT2D eigenvalue weighted by molar-refractivity contribution is 9.10. The van der Waals surface area contributed by atoms with Crippen LogP contribution in [0.2, 0.25) is 0 Å². The summed E-state index contributed by atoms with van der Waals surface area (Å²) in [6.45, 7) is 2.54. The van der Waals surface area contributed by atoms with Crippen LogP contribution in [0.15, 0.2) is 75.4 Å². The fourth-order valence-corrected chi connectivity index (χ4v) is 3.43. The van der Waals surface area contributed by atoms with Gasteiger partial charge in [-0.2, -0.15) is 4.99 Å². The van der Waals surface area contributed by atoms with Crippen molar-refractivity contribution in [3.8, 4) is 11.5 Å². The summed E-state index contributed by atoms with van der Waals surface area (Å²) in [5.41, 5.74) is 0.879. The van der Waals surface area contributed by atoms with Crippen molar-refractivity contribution in [1.82, 2.24) is 5.06 Å². The zero-order valence-electron chi connectivity index (χ0n) is 16.1. The summed E-state index contributed by atoms with van der Waals surface area (Å²) in [5.74, 6) is 1.82. The summed E-state index contributed by atoms with van der Waals surface area (Å²) in [6.07, 6.45) is 3.22. The maximum absolute atomic E-state index is 12.3. The molecule has 0 fully saturated rings. The van der Waals surface area contributed by atoms with Crippen LogP contribution in [-0.4, -0.2) is 35.9 Å². The van der Waals surface area contributed by atoms with E-state index in [9.17, 15) is 4.79 Å². The highest BCUT2D eigenvalue weighted by Gasteiger charge is 2.34. The Morgan fingerprint density at radius 3 is 2.70 bits per heavy atom. The number of benzene rings is 2. The van der Waals surface area contributed by atoms with E-state index in [1.807, 2.05) is 36.4 Å². The van der Waals surface area contributed by atoms with Gasteiger partial charge in [-0.1, -0.05) is 24.3 Å². The first-order valence-corrected chi connectivity index (χ1v) is 10.0. The van der Waals surface area contributed by atoms with Crippen molar-refractivity contribution in [2.24, 2.45) is 4.99 Å². The minimum absolute atomic E-state index is 0.0485. The Balaban J connectivity index is 1.41. The minimum Gasteiger partial charge on any atom is -0.490 e. The topological polar surface area (TPSA) is 84.2 Å². The van der Waals surface area contributed by atoms with Crippen LogP contribution < -0.4 is 9.47 Å². The predicted molar refractivity (Wildman–Crippen MR) is 116 cm³/mol. The fraction of sp³-hybridized carbons (Fsp3) is 0.136. The Bertz CT molecular complexity index is 1090. The van der Waals surface area contributed by atoms with Crippen molar-refractivity contribution in [2.75, 3.05) is 13.2 Å². The Labute approximate surface area is 181 Å². The molecule has 8 heteroatoms. The van der Waals surface area contributed by atoms with Gasteiger partial charge in [-0.05, 0) is 58.8 Å². The van der Waals surface area contributed by atoms with Crippen LogP contribution in [0, 0.1) is 5.41 Å². The van der Waals surface area contributed by atoms with Crippen LogP contribution in [0.4, 0.5) is 0 Å². The van der Waals surface area contributed by atoms with Crippen LogP contribution >= 0.6 is 15.9 Å². The molecule has 152 valence electrons. The second kappa shape index (κ2) is 8.54. The largest absolute Gasteiger partial charge is 0.490 e. The molecule has 0 saturated carbocycles. The van der Waals surface area contributed by atoms with Crippen molar-refractivity contribution in [3.63, 3.8) is 0 Å². The Hall–Kier alpha value is -3.39. The van der Waals surface area contributed by atoms with E-state index in [1.54, 1.807) is 31.2 Å². The molecule has 2 aliphatic rings. The number of ether oxygens (including phenoxy) is 2. The normalized spacial score (nSPS) is 16.7. The molecule has 2 aromatic rings. The molecule has 0 atom stereocenters. The lowest BCUT2D eigenvalue weighted by Crippen LogP contribution is -2.38. The number of fused-ring (bicyclic) bond motifs is 1. The van der Waals surface area contributed by atoms with Crippen molar-refractivity contribution in [2.45, 2.75) is 6.92 Å². The number of amidine groups is 2. The Kier molecular flexibility index (Phi) is 5.67. The second-order valence-corrected chi connectivity index (χ2v) is 7.38. The molecule has 0 unspecified atom stereocenters. The maximum atomic E-state index is 12.3. The number of allylic oxidation sites excluding steroid dienone is 1. The first kappa shape index (κ1) is 19.9. The minimum atomic E-state index is -0.477. The summed E-state index contributed by atoms with van der Waals surface area (Å²) in [5, 5.41) is 9.51. The molecule has 0 radical (unpaired) electrons. The van der Waals surface area contributed by atoms with Crippen LogP contribution in [0.3, 0.4) is 0 Å². The average molecular weight is 468 g/mol. The van der Waals surface area contributed by atoms with Gasteiger partial charge in [0.2, 0.25) is 0 Å². The SMILES string of the molecule is CC1=CC2=NC(=O)/C(=C\c3ccc(OCCOc4ccccc4)c(Br)c3)C(=N)N2O1. The molecule has 0 spiro atoms. The Morgan fingerprint density at radius 1 is 1.17 bits per heavy atom. The molecule has 0 bridgehead atoms. The van der Waals surface area contributed by atoms with Gasteiger partial charge in [-0.25, -0.2) is 0 Å². The lowest BCUT2D eigenvalue weighted by atomic mass is 10.1. The van der Waals surface area contributed by atoms with Crippen molar-refractivity contribution in [1.29, 1.82) is 5.41 Å². The number of carbonyl (C=O) groups is 1. The van der Waals surface area contributed by atoms with Crippen LogP contribution in [0.5, 0.6) is 11.5 Å². The zero-order chi connectivity index (χ0) is 21.1. The third kappa shape index (κ3) is 4.28. The highest BCUT2D eigenvalue weighted by Crippen LogP contribution is 2.28. The summed E-state index contributed by atoms with van der Waals surface area (Å²) in [7, 11) is 0. The van der Waals surface area contributed by atoms with E-state index in [-0.39, 0.29) is 11.4 Å². The second-order valence-electron chi connectivity index (χ2n) is 6.52. The maximum Gasteiger partial charge on any atom is 0.282 e. The molecule has 7 nitrogen and oxygen atoms in total. The number of carbonyl (C=O) groups excluding carboxylic acids is 1. The first-order chi connectivity index (χ1) is 14.5. The number of nitrogens with zero attached hydrogens (tertiary/aromatic N) is 2. The third-order valence-corrected chi connectivity index (χ3v) is 4.92. The molecule has 2 aromatic carbocycles. The monoisotopic (exact) mass is 467 g/mol. The number of amides is 1. The van der Waals surface area contributed by atoms with Gasteiger partial charge in [0.1, 0.15) is 30.5 Å². The van der Waals surface area contributed by atoms with Gasteiger partial charge in [-0.15, -0.1) is 5.06 Å². The van der Waals surface area contributed by atoms with Gasteiger partial charge in [0.05, 0.1) is 10.0 Å². The van der Waals surface area contributed by atoms with Crippen LogP contribution in [-0.2, 0) is 9.63 Å². The molecular weight excluding hydrogens is 450 g/mol. The summed E-state index contributed by atoms with van der Waals surface area (Å²) in [6, 6.07) is 14.9. The van der Waals surface area contributed by atoms with Gasteiger partial charge in [-0.3, -0.25) is 10.2 Å². The number of nitrogens with one attached hydrogen (secondary N) is 1. The van der Waals surface area contributed by atoms with Gasteiger partial charge in [0, 0.05) is 6.08 Å². The number of aliphatic imine (C=N–C) groups is 1. The first-order valence-electron chi connectivity index (χ1n) is 9.21. The fourth-order valence-electron chi connectivity index (χ4n) is 2.92. The lowest BCUT2D eigenvalue weighted by Gasteiger charge is -2.23. The Morgan fingerprint density at radius 2 is 1.93 bits per heavy atom. The number of halogens is 1. The smallest absolute Gasteiger partial charge is 0.282 e. The molecule has 0 aromatic heterocycles. The molecule has 2 aliphatic heterocycles. The number of hydrogen-bond acceptors (Lipinski definition) is 5. The summed E-state index contributed by atoms with van der Waals surface area (Å²) < 4.78 is 12.1. The van der Waals surface area contributed by atoms with E-state index >= 15 is 0 Å². The van der Waals surface area contributed by atoms with Crippen molar-refractivity contribution < 1.29 is 19.1 Å². The zero-order valence-corrected chi connectivity index (χ0v) is 17.7. The molecule has 0 saturated heterocycles. The summed E-state index contributed by atoms with van der Waals surface area (Å²) in [4.78, 5) is 21.8. The number of hydrogen-bond donors (Lipinski definition) is 1. The molecule has 1 amide bonds. The van der Waals surface area contributed by atoms with Gasteiger partial charge in [0.15, 0.2) is 11.7 Å². The lowest BCUT2D eigenvalue weighted by molar-refractivity contribution is -0.114. The highest BCUT2D eigenvalue weighted by atomic mass is 79.9. The third-order valence-electron chi connectivity index (χ3n) is 4.30. The van der Waals surface area contributed by atoms with Crippen LogP contribution in [0.1, 0.15) is 12.5 Å². The quantitative estimate of drug-likeness (QED) is 0.503. The van der Waals surface area contributed by atoms with E-state index in [4.69, 9.17) is 19.7 Å². The van der Waals surface area contributed by atoms with E-state index in [0.717, 1.165) is 15.8 Å². The molecule has 4 rings (SSSR count). The standard InChI is InChI=1S/C22H18BrN3O4/c1-14-11-20-25-22(27)17(21(24)26(20)30-14)12-15-7-8-19(18(23)13-15)29-10-9-28-16-5-3-2-4-6-16/h2-8,11-13,24H,9-10H2,1H3/b17-12-,24-21?. The predicted octanol–water partition coefficient (Wildman–Crippen LogP) is 4.36. The number of para-hydroxylation sites is 1. The number of hydroxylamine groups is 2. The van der Waals surface area contributed by atoms with Crippen LogP contribution in [0.25, 0.3) is 6.08 Å². The summed E-state index contributed by atoms with van der Waals surface area (Å²) >= 11 is 3.49. The van der Waals surface area contributed by atoms with Crippen molar-refractivity contribution in [3.05, 3.63) is 76.0 Å². The van der Waals surface area contributed by atoms with Gasteiger partial charge < -0.3 is 14.3 Å². The van der Waals surface area contributed by atoms with Gasteiger partial charge in [0.25, 0.3) is 5.91 Å². The average Bonchev–Trinajstić information content (AvgIpc) is 3.11. The molecule has 0 aliphatic carbocycles. The molecular formula is C22H18BrN3O4. The van der Waals surface area contributed by atoms with E-state index < -0.39 is 5.91 Å². The van der Waals surface area contributed by atoms with Gasteiger partial charge >= 0.3 is 0 Å². The van der Waals surface area contributed by atoms with E-state index in [2.05, 4.69) is 20.9 Å². The van der Waals surface area contributed by atoms with Crippen molar-refractivity contribution >= 4 is 39.6 Å². The van der Waals surface area contributed by atoms with E-state index in [0.29, 0.717) is 30.6 Å². The van der Waals surface area contributed by atoms with E-state index in [1.165, 1.54) is 5.06 Å². The number of rotatable bonds is 6.